The van der Waals surface area contributed by atoms with Gasteiger partial charge in [0.1, 0.15) is 11.5 Å². The van der Waals surface area contributed by atoms with Gasteiger partial charge in [-0.15, -0.1) is 0 Å². The van der Waals surface area contributed by atoms with Crippen LogP contribution in [0.5, 0.6) is 17.2 Å². The lowest BCUT2D eigenvalue weighted by atomic mass is 9.87. The van der Waals surface area contributed by atoms with E-state index in [9.17, 15) is 9.59 Å². The summed E-state index contributed by atoms with van der Waals surface area (Å²) < 4.78 is 21.0. The Morgan fingerprint density at radius 1 is 1.05 bits per heavy atom. The lowest BCUT2D eigenvalue weighted by Crippen LogP contribution is -2.26. The van der Waals surface area contributed by atoms with Crippen molar-refractivity contribution >= 4 is 5.97 Å². The fourth-order valence-corrected chi connectivity index (χ4v) is 2.84. The van der Waals surface area contributed by atoms with Crippen LogP contribution >= 0.6 is 0 Å². The van der Waals surface area contributed by atoms with Crippen molar-refractivity contribution in [1.82, 2.24) is 0 Å². The standard InChI is InChI=1S/C16H12O6/c1-8-4-13-15(16(18)21-8)10(6-14(17)22-13)9-2-3-11-12(5-9)20-7-19-11/h2-5,10H,6-7H2,1H3/t10-/m1/s1. The zero-order valence-corrected chi connectivity index (χ0v) is 11.8. The molecule has 6 heteroatoms. The molecule has 112 valence electrons. The number of carbonyl (C=O) groups excluding carboxylic acids is 1. The third kappa shape index (κ3) is 1.95. The SMILES string of the molecule is Cc1cc2c(c(=O)o1)[C@@H](c1ccc3c(c1)OCO3)CC(=O)O2. The number of benzene rings is 1. The van der Waals surface area contributed by atoms with E-state index in [0.717, 1.165) is 5.56 Å². The van der Waals surface area contributed by atoms with Crippen LogP contribution < -0.4 is 19.8 Å². The molecule has 1 aromatic carbocycles. The Labute approximate surface area is 125 Å². The van der Waals surface area contributed by atoms with Crippen LogP contribution in [0.3, 0.4) is 0 Å². The Bertz CT molecular complexity index is 835. The quantitative estimate of drug-likeness (QED) is 0.751. The summed E-state index contributed by atoms with van der Waals surface area (Å²) in [6.07, 6.45) is 0.0838. The normalized spacial score (nSPS) is 18.8. The fourth-order valence-electron chi connectivity index (χ4n) is 2.84. The third-order valence-corrected chi connectivity index (χ3v) is 3.82. The molecule has 6 nitrogen and oxygen atoms in total. The van der Waals surface area contributed by atoms with Crippen LogP contribution in [0.2, 0.25) is 0 Å². The predicted octanol–water partition coefficient (Wildman–Crippen LogP) is 2.12. The average Bonchev–Trinajstić information content (AvgIpc) is 2.92. The van der Waals surface area contributed by atoms with Crippen LogP contribution in [-0.4, -0.2) is 12.8 Å². The number of carbonyl (C=O) groups is 1. The highest BCUT2D eigenvalue weighted by Gasteiger charge is 2.33. The highest BCUT2D eigenvalue weighted by atomic mass is 16.7. The molecule has 0 bridgehead atoms. The van der Waals surface area contributed by atoms with E-state index in [0.29, 0.717) is 22.8 Å². The van der Waals surface area contributed by atoms with E-state index in [2.05, 4.69) is 0 Å². The van der Waals surface area contributed by atoms with Gasteiger partial charge in [-0.2, -0.15) is 0 Å². The first-order chi connectivity index (χ1) is 10.6. The molecule has 22 heavy (non-hydrogen) atoms. The maximum Gasteiger partial charge on any atom is 0.343 e. The van der Waals surface area contributed by atoms with Crippen LogP contribution in [0.1, 0.15) is 29.2 Å². The van der Waals surface area contributed by atoms with Gasteiger partial charge in [-0.25, -0.2) is 4.79 Å². The zero-order chi connectivity index (χ0) is 15.3. The third-order valence-electron chi connectivity index (χ3n) is 3.82. The maximum absolute atomic E-state index is 12.2. The Balaban J connectivity index is 1.87. The van der Waals surface area contributed by atoms with Gasteiger partial charge in [0.2, 0.25) is 6.79 Å². The van der Waals surface area contributed by atoms with Gasteiger partial charge in [0.15, 0.2) is 11.5 Å². The van der Waals surface area contributed by atoms with Gasteiger partial charge in [0.25, 0.3) is 0 Å². The molecular weight excluding hydrogens is 288 g/mol. The summed E-state index contributed by atoms with van der Waals surface area (Å²) in [5, 5.41) is 0. The van der Waals surface area contributed by atoms with Gasteiger partial charge in [-0.1, -0.05) is 6.07 Å². The highest BCUT2D eigenvalue weighted by Crippen LogP contribution is 2.41. The topological polar surface area (TPSA) is 75.0 Å². The summed E-state index contributed by atoms with van der Waals surface area (Å²) in [6, 6.07) is 6.94. The fraction of sp³-hybridized carbons (Fsp3) is 0.250. The number of hydrogen-bond donors (Lipinski definition) is 0. The average molecular weight is 300 g/mol. The lowest BCUT2D eigenvalue weighted by molar-refractivity contribution is -0.135. The Morgan fingerprint density at radius 2 is 1.86 bits per heavy atom. The van der Waals surface area contributed by atoms with Crippen molar-refractivity contribution in [3.05, 3.63) is 51.6 Å². The van der Waals surface area contributed by atoms with Crippen molar-refractivity contribution in [1.29, 1.82) is 0 Å². The monoisotopic (exact) mass is 300 g/mol. The van der Waals surface area contributed by atoms with E-state index in [1.165, 1.54) is 0 Å². The zero-order valence-electron chi connectivity index (χ0n) is 11.8. The second-order valence-corrected chi connectivity index (χ2v) is 5.27. The van der Waals surface area contributed by atoms with E-state index in [1.807, 2.05) is 6.07 Å². The minimum Gasteiger partial charge on any atom is -0.454 e. The number of aryl methyl sites for hydroxylation is 1. The van der Waals surface area contributed by atoms with Crippen molar-refractivity contribution in [2.24, 2.45) is 0 Å². The van der Waals surface area contributed by atoms with Crippen molar-refractivity contribution in [2.75, 3.05) is 6.79 Å². The molecule has 0 amide bonds. The van der Waals surface area contributed by atoms with Gasteiger partial charge in [0, 0.05) is 12.0 Å². The molecule has 3 heterocycles. The number of rotatable bonds is 1. The lowest BCUT2D eigenvalue weighted by Gasteiger charge is -2.23. The first kappa shape index (κ1) is 12.9. The number of ether oxygens (including phenoxy) is 3. The summed E-state index contributed by atoms with van der Waals surface area (Å²) in [6.45, 7) is 1.81. The second-order valence-electron chi connectivity index (χ2n) is 5.27. The van der Waals surface area contributed by atoms with Crippen LogP contribution in [0.15, 0.2) is 33.5 Å². The molecule has 0 saturated heterocycles. The van der Waals surface area contributed by atoms with Gasteiger partial charge in [-0.3, -0.25) is 4.79 Å². The molecule has 0 N–H and O–H groups in total. The molecule has 2 aliphatic rings. The molecule has 0 unspecified atom stereocenters. The van der Waals surface area contributed by atoms with Gasteiger partial charge in [0.05, 0.1) is 12.0 Å². The molecule has 2 aliphatic heterocycles. The number of esters is 1. The van der Waals surface area contributed by atoms with Gasteiger partial charge in [-0.05, 0) is 24.6 Å². The van der Waals surface area contributed by atoms with Crippen LogP contribution in [0, 0.1) is 6.92 Å². The first-order valence-corrected chi connectivity index (χ1v) is 6.86. The maximum atomic E-state index is 12.2. The van der Waals surface area contributed by atoms with Crippen LogP contribution in [0.25, 0.3) is 0 Å². The minimum absolute atomic E-state index is 0.0838. The second kappa shape index (κ2) is 4.62. The number of hydrogen-bond acceptors (Lipinski definition) is 6. The number of fused-ring (bicyclic) bond motifs is 2. The summed E-state index contributed by atoms with van der Waals surface area (Å²) in [5.41, 5.74) is 0.674. The molecule has 0 fully saturated rings. The van der Waals surface area contributed by atoms with E-state index in [4.69, 9.17) is 18.6 Å². The van der Waals surface area contributed by atoms with Crippen molar-refractivity contribution in [2.45, 2.75) is 19.3 Å². The Morgan fingerprint density at radius 3 is 2.73 bits per heavy atom. The minimum atomic E-state index is -0.481. The molecule has 1 aromatic heterocycles. The highest BCUT2D eigenvalue weighted by molar-refractivity contribution is 5.77. The van der Waals surface area contributed by atoms with Crippen molar-refractivity contribution in [3.63, 3.8) is 0 Å². The van der Waals surface area contributed by atoms with E-state index >= 15 is 0 Å². The molecule has 0 saturated carbocycles. The Hall–Kier alpha value is -2.76. The molecule has 1 atom stereocenters. The van der Waals surface area contributed by atoms with Crippen molar-refractivity contribution < 1.29 is 23.4 Å². The molecule has 2 aromatic rings. The van der Waals surface area contributed by atoms with Crippen LogP contribution in [0.4, 0.5) is 0 Å². The first-order valence-electron chi connectivity index (χ1n) is 6.86. The van der Waals surface area contributed by atoms with Crippen molar-refractivity contribution in [3.8, 4) is 17.2 Å². The Kier molecular flexibility index (Phi) is 2.72. The van der Waals surface area contributed by atoms with E-state index in [1.54, 1.807) is 25.1 Å². The largest absolute Gasteiger partial charge is 0.454 e. The molecule has 4 rings (SSSR count). The summed E-state index contributed by atoms with van der Waals surface area (Å²) in [7, 11) is 0. The molecule has 0 spiro atoms. The predicted molar refractivity (Wildman–Crippen MR) is 74.4 cm³/mol. The molecular formula is C16H12O6. The summed E-state index contributed by atoms with van der Waals surface area (Å²) in [5.74, 6) is 1.14. The smallest absolute Gasteiger partial charge is 0.343 e. The van der Waals surface area contributed by atoms with Crippen LogP contribution in [-0.2, 0) is 4.79 Å². The molecule has 0 radical (unpaired) electrons. The molecule has 0 aliphatic carbocycles. The van der Waals surface area contributed by atoms with Gasteiger partial charge < -0.3 is 18.6 Å². The summed E-state index contributed by atoms with van der Waals surface area (Å²) in [4.78, 5) is 24.0. The van der Waals surface area contributed by atoms with E-state index < -0.39 is 11.5 Å². The van der Waals surface area contributed by atoms with E-state index in [-0.39, 0.29) is 24.9 Å². The summed E-state index contributed by atoms with van der Waals surface area (Å²) >= 11 is 0. The van der Waals surface area contributed by atoms with Gasteiger partial charge >= 0.3 is 11.6 Å².